The first-order valence-electron chi connectivity index (χ1n) is 14.4. The van der Waals surface area contributed by atoms with Crippen LogP contribution in [0.1, 0.15) is 77.2 Å². The molecule has 42 heavy (non-hydrogen) atoms. The molecule has 3 aromatic rings. The second kappa shape index (κ2) is 12.2. The largest absolute Gasteiger partial charge is 0.416 e. The molecule has 2 atom stereocenters. The van der Waals surface area contributed by atoms with E-state index in [1.807, 2.05) is 24.3 Å². The number of carbonyl (C=O) groups is 2. The van der Waals surface area contributed by atoms with Crippen LogP contribution in [0, 0.1) is 25.6 Å². The summed E-state index contributed by atoms with van der Waals surface area (Å²) in [7, 11) is 0. The molecule has 5 nitrogen and oxygen atoms in total. The van der Waals surface area contributed by atoms with Crippen molar-refractivity contribution < 1.29 is 27.2 Å². The number of nitrogens with zero attached hydrogens (tertiary/aromatic N) is 1. The van der Waals surface area contributed by atoms with Gasteiger partial charge in [-0.1, -0.05) is 43.2 Å². The second-order valence-electron chi connectivity index (χ2n) is 11.4. The Morgan fingerprint density at radius 3 is 2.21 bits per heavy atom. The van der Waals surface area contributed by atoms with E-state index in [2.05, 4.69) is 10.6 Å². The van der Waals surface area contributed by atoms with Gasteiger partial charge in [0.25, 0.3) is 5.91 Å². The van der Waals surface area contributed by atoms with Gasteiger partial charge >= 0.3 is 6.18 Å². The summed E-state index contributed by atoms with van der Waals surface area (Å²) < 4.78 is 55.5. The molecule has 0 radical (unpaired) electrons. The molecule has 1 saturated carbocycles. The van der Waals surface area contributed by atoms with Gasteiger partial charge in [-0.3, -0.25) is 9.59 Å². The number of nitrogens with one attached hydrogen (secondary N) is 2. The number of amides is 2. The van der Waals surface area contributed by atoms with Crippen LogP contribution in [0.25, 0.3) is 0 Å². The highest BCUT2D eigenvalue weighted by atomic mass is 19.4. The Hall–Kier alpha value is -3.88. The number of likely N-dealkylation sites (tertiary alicyclic amines) is 1. The lowest BCUT2D eigenvalue weighted by Gasteiger charge is -2.41. The average molecular weight is 582 g/mol. The van der Waals surface area contributed by atoms with E-state index in [9.17, 15) is 27.2 Å². The summed E-state index contributed by atoms with van der Waals surface area (Å²) in [5.41, 5.74) is 1.34. The highest BCUT2D eigenvalue weighted by Crippen LogP contribution is 2.40. The van der Waals surface area contributed by atoms with Crippen molar-refractivity contribution >= 4 is 23.2 Å². The second-order valence-corrected chi connectivity index (χ2v) is 11.4. The van der Waals surface area contributed by atoms with Crippen LogP contribution in [0.15, 0.2) is 60.7 Å². The van der Waals surface area contributed by atoms with E-state index in [1.54, 1.807) is 13.0 Å². The van der Waals surface area contributed by atoms with Gasteiger partial charge in [-0.2, -0.15) is 13.2 Å². The smallest absolute Gasteiger partial charge is 0.382 e. The fraction of sp³-hybridized carbons (Fsp3) is 0.394. The number of hydrogen-bond acceptors (Lipinski definition) is 3. The predicted octanol–water partition coefficient (Wildman–Crippen LogP) is 8.05. The summed E-state index contributed by atoms with van der Waals surface area (Å²) in [5.74, 6) is -2.41. The summed E-state index contributed by atoms with van der Waals surface area (Å²) >= 11 is 0. The van der Waals surface area contributed by atoms with E-state index in [-0.39, 0.29) is 16.8 Å². The van der Waals surface area contributed by atoms with Crippen LogP contribution in [0.4, 0.5) is 28.9 Å². The molecule has 222 valence electrons. The molecule has 3 aromatic carbocycles. The molecule has 1 aliphatic heterocycles. The van der Waals surface area contributed by atoms with E-state index >= 15 is 0 Å². The number of carbonyl (C=O) groups excluding carboxylic acids is 2. The van der Waals surface area contributed by atoms with Crippen molar-refractivity contribution in [1.82, 2.24) is 4.90 Å². The fourth-order valence-corrected chi connectivity index (χ4v) is 6.28. The van der Waals surface area contributed by atoms with Crippen LogP contribution in [0.3, 0.4) is 0 Å². The average Bonchev–Trinajstić information content (AvgIpc) is 3.46. The molecule has 5 rings (SSSR count). The fourth-order valence-electron chi connectivity index (χ4n) is 6.28. The maximum absolute atomic E-state index is 14.9. The maximum atomic E-state index is 14.9. The van der Waals surface area contributed by atoms with Crippen molar-refractivity contribution in [2.24, 2.45) is 5.92 Å². The molecule has 2 N–H and O–H groups in total. The van der Waals surface area contributed by atoms with Crippen molar-refractivity contribution in [3.63, 3.8) is 0 Å². The van der Waals surface area contributed by atoms with Crippen LogP contribution in [0.2, 0.25) is 0 Å². The molecule has 0 bridgehead atoms. The lowest BCUT2D eigenvalue weighted by atomic mass is 9.83. The highest BCUT2D eigenvalue weighted by molar-refractivity contribution is 5.98. The Kier molecular flexibility index (Phi) is 8.57. The number of halogens is 4. The van der Waals surface area contributed by atoms with Crippen molar-refractivity contribution in [3.8, 4) is 0 Å². The lowest BCUT2D eigenvalue weighted by molar-refractivity contribution is -0.138. The van der Waals surface area contributed by atoms with Crippen LogP contribution in [0.5, 0.6) is 0 Å². The van der Waals surface area contributed by atoms with Crippen LogP contribution in [-0.4, -0.2) is 29.3 Å². The third-order valence-corrected chi connectivity index (χ3v) is 8.45. The third kappa shape index (κ3) is 6.30. The quantitative estimate of drug-likeness (QED) is 0.290. The Bertz CT molecular complexity index is 1430. The van der Waals surface area contributed by atoms with Gasteiger partial charge in [0.2, 0.25) is 5.91 Å². The van der Waals surface area contributed by atoms with E-state index < -0.39 is 41.3 Å². The van der Waals surface area contributed by atoms with E-state index in [4.69, 9.17) is 0 Å². The molecule has 0 aromatic heterocycles. The van der Waals surface area contributed by atoms with Crippen molar-refractivity contribution in [3.05, 3.63) is 94.3 Å². The van der Waals surface area contributed by atoms with E-state index in [1.165, 1.54) is 48.9 Å². The number of alkyl halides is 3. The summed E-state index contributed by atoms with van der Waals surface area (Å²) in [5, 5.41) is 6.20. The first-order valence-corrected chi connectivity index (χ1v) is 14.4. The van der Waals surface area contributed by atoms with Gasteiger partial charge in [0.1, 0.15) is 5.82 Å². The number of aryl methyl sites for hydroxylation is 2. The molecule has 2 amide bonds. The van der Waals surface area contributed by atoms with Crippen LogP contribution >= 0.6 is 0 Å². The predicted molar refractivity (Wildman–Crippen MR) is 155 cm³/mol. The zero-order valence-corrected chi connectivity index (χ0v) is 23.7. The lowest BCUT2D eigenvalue weighted by Crippen LogP contribution is -2.46. The number of piperidine rings is 1. The zero-order valence-electron chi connectivity index (χ0n) is 23.7. The molecule has 0 unspecified atom stereocenters. The molecular formula is C33H35F4N3O2. The molecule has 2 fully saturated rings. The van der Waals surface area contributed by atoms with Crippen LogP contribution in [-0.2, 0) is 11.0 Å². The molecule has 1 heterocycles. The summed E-state index contributed by atoms with van der Waals surface area (Å²) in [6.45, 7) is 3.34. The normalized spacial score (nSPS) is 19.5. The molecule has 2 aliphatic rings. The monoisotopic (exact) mass is 581 g/mol. The minimum atomic E-state index is -4.56. The van der Waals surface area contributed by atoms with E-state index in [0.717, 1.165) is 24.6 Å². The van der Waals surface area contributed by atoms with E-state index in [0.29, 0.717) is 36.6 Å². The molecule has 1 saturated heterocycles. The number of benzene rings is 3. The first-order chi connectivity index (χ1) is 20.0. The van der Waals surface area contributed by atoms with Crippen molar-refractivity contribution in [2.45, 2.75) is 70.6 Å². The standard InChI is InChI=1S/C33H35F4N3O2/c1-20-12-15-25(19-27(20)33(35,36)37)39-31(41)26-10-6-18-40(32(42)29-21(2)7-5-11-28(29)34)30(26)22-13-16-24(17-14-22)38-23-8-3-4-9-23/h5,7,11-17,19,23,26,30,38H,3-4,6,8-10,18H2,1-2H3,(H,39,41)/t26-,30-/m1/s1. The maximum Gasteiger partial charge on any atom is 0.416 e. The van der Waals surface area contributed by atoms with Gasteiger partial charge in [0.15, 0.2) is 0 Å². The van der Waals surface area contributed by atoms with Crippen molar-refractivity contribution in [2.75, 3.05) is 17.2 Å². The number of hydrogen-bond donors (Lipinski definition) is 2. The van der Waals surface area contributed by atoms with Crippen LogP contribution < -0.4 is 10.6 Å². The first kappa shape index (κ1) is 29.6. The Morgan fingerprint density at radius 2 is 1.55 bits per heavy atom. The number of rotatable bonds is 6. The molecule has 1 aliphatic carbocycles. The summed E-state index contributed by atoms with van der Waals surface area (Å²) in [4.78, 5) is 29.1. The van der Waals surface area contributed by atoms with Gasteiger partial charge in [0.05, 0.1) is 23.1 Å². The zero-order chi connectivity index (χ0) is 30.0. The van der Waals surface area contributed by atoms with Crippen molar-refractivity contribution in [1.29, 1.82) is 0 Å². The third-order valence-electron chi connectivity index (χ3n) is 8.45. The summed E-state index contributed by atoms with van der Waals surface area (Å²) in [6, 6.07) is 15.4. The van der Waals surface area contributed by atoms with Gasteiger partial charge in [-0.25, -0.2) is 4.39 Å². The topological polar surface area (TPSA) is 61.4 Å². The molecular weight excluding hydrogens is 546 g/mol. The highest BCUT2D eigenvalue weighted by Gasteiger charge is 2.41. The Morgan fingerprint density at radius 1 is 0.857 bits per heavy atom. The Labute approximate surface area is 243 Å². The van der Waals surface area contributed by atoms with Gasteiger partial charge in [0, 0.05) is 24.0 Å². The Balaban J connectivity index is 1.48. The van der Waals surface area contributed by atoms with Gasteiger partial charge < -0.3 is 15.5 Å². The minimum absolute atomic E-state index is 0.0289. The number of anilines is 2. The molecule has 0 spiro atoms. The van der Waals surface area contributed by atoms with Gasteiger partial charge in [-0.15, -0.1) is 0 Å². The minimum Gasteiger partial charge on any atom is -0.382 e. The SMILES string of the molecule is Cc1ccc(NC(=O)[C@@H]2CCCN(C(=O)c3c(C)cccc3F)[C@@H]2c2ccc(NC3CCCC3)cc2)cc1C(F)(F)F. The molecule has 9 heteroatoms. The summed E-state index contributed by atoms with van der Waals surface area (Å²) in [6.07, 6.45) is 0.915. The van der Waals surface area contributed by atoms with Gasteiger partial charge in [-0.05, 0) is 86.6 Å².